The second kappa shape index (κ2) is 10.3. The Balaban J connectivity index is 1.69. The predicted octanol–water partition coefficient (Wildman–Crippen LogP) is 4.69. The zero-order valence-electron chi connectivity index (χ0n) is 17.0. The van der Waals surface area contributed by atoms with Gasteiger partial charge >= 0.3 is 5.97 Å². The molecule has 2 aliphatic carbocycles. The van der Waals surface area contributed by atoms with Crippen LogP contribution < -0.4 is 10.0 Å². The van der Waals surface area contributed by atoms with Crippen LogP contribution in [0.1, 0.15) is 81.0 Å². The smallest absolute Gasteiger partial charge is 0.337 e. The van der Waals surface area contributed by atoms with Gasteiger partial charge in [-0.2, -0.15) is 0 Å². The Labute approximate surface area is 173 Å². The van der Waals surface area contributed by atoms with Crippen LogP contribution in [-0.4, -0.2) is 32.1 Å². The van der Waals surface area contributed by atoms with E-state index >= 15 is 0 Å². The van der Waals surface area contributed by atoms with Gasteiger partial charge in [-0.15, -0.1) is 0 Å². The van der Waals surface area contributed by atoms with Crippen molar-refractivity contribution < 1.29 is 18.3 Å². The van der Waals surface area contributed by atoms with E-state index in [1.807, 2.05) is 0 Å². The van der Waals surface area contributed by atoms with Crippen molar-refractivity contribution >= 4 is 21.7 Å². The molecule has 0 aromatic heterocycles. The topological polar surface area (TPSA) is 95.5 Å². The van der Waals surface area contributed by atoms with E-state index in [1.54, 1.807) is 6.07 Å². The highest BCUT2D eigenvalue weighted by molar-refractivity contribution is 7.89. The number of carbonyl (C=O) groups is 1. The molecule has 0 unspecified atom stereocenters. The largest absolute Gasteiger partial charge is 0.478 e. The van der Waals surface area contributed by atoms with Gasteiger partial charge in [-0.05, 0) is 63.1 Å². The van der Waals surface area contributed by atoms with Crippen LogP contribution in [0.4, 0.5) is 5.69 Å². The molecule has 0 spiro atoms. The van der Waals surface area contributed by atoms with Gasteiger partial charge in [-0.1, -0.05) is 37.3 Å². The van der Waals surface area contributed by atoms with E-state index in [-0.39, 0.29) is 16.5 Å². The molecule has 0 heterocycles. The SMILES string of the molecule is O=C(O)c1cc(S(=O)(=O)NC2CCCCCC2)ccc1NCCC1=CCCCC1. The van der Waals surface area contributed by atoms with Crippen molar-refractivity contribution in [2.45, 2.75) is 81.6 Å². The molecule has 0 saturated heterocycles. The van der Waals surface area contributed by atoms with Gasteiger partial charge in [0.15, 0.2) is 0 Å². The summed E-state index contributed by atoms with van der Waals surface area (Å²) in [7, 11) is -3.74. The maximum Gasteiger partial charge on any atom is 0.337 e. The van der Waals surface area contributed by atoms with Crippen LogP contribution in [0.2, 0.25) is 0 Å². The summed E-state index contributed by atoms with van der Waals surface area (Å²) in [4.78, 5) is 11.7. The van der Waals surface area contributed by atoms with Crippen LogP contribution in [0.3, 0.4) is 0 Å². The number of hydrogen-bond donors (Lipinski definition) is 3. The highest BCUT2D eigenvalue weighted by Gasteiger charge is 2.23. The second-order valence-electron chi connectivity index (χ2n) is 8.11. The van der Waals surface area contributed by atoms with Crippen molar-refractivity contribution in [3.05, 3.63) is 35.4 Å². The number of allylic oxidation sites excluding steroid dienone is 1. The quantitative estimate of drug-likeness (QED) is 0.419. The number of anilines is 1. The molecule has 0 radical (unpaired) electrons. The first kappa shape index (κ1) is 21.8. The van der Waals surface area contributed by atoms with Crippen LogP contribution in [0.5, 0.6) is 0 Å². The van der Waals surface area contributed by atoms with Crippen LogP contribution in [-0.2, 0) is 10.0 Å². The average Bonchev–Trinajstić information content (AvgIpc) is 2.97. The lowest BCUT2D eigenvalue weighted by Gasteiger charge is -2.18. The molecule has 3 rings (SSSR count). The van der Waals surface area contributed by atoms with Crippen molar-refractivity contribution in [1.29, 1.82) is 0 Å². The highest BCUT2D eigenvalue weighted by atomic mass is 32.2. The molecule has 2 aliphatic rings. The number of aromatic carboxylic acids is 1. The molecular weight excluding hydrogens is 388 g/mol. The standard InChI is InChI=1S/C22H32N2O4S/c25-22(26)20-16-19(29(27,28)24-18-10-6-1-2-7-11-18)12-13-21(20)23-15-14-17-8-4-3-5-9-17/h8,12-13,16,18,23-24H,1-7,9-11,14-15H2,(H,25,26). The lowest BCUT2D eigenvalue weighted by Crippen LogP contribution is -2.34. The van der Waals surface area contributed by atoms with Crippen LogP contribution >= 0.6 is 0 Å². The number of hydrogen-bond acceptors (Lipinski definition) is 4. The molecule has 1 aromatic rings. The summed E-state index contributed by atoms with van der Waals surface area (Å²) in [5.74, 6) is -1.13. The van der Waals surface area contributed by atoms with E-state index in [0.717, 1.165) is 57.8 Å². The molecule has 1 fully saturated rings. The third-order valence-corrected chi connectivity index (χ3v) is 7.37. The average molecular weight is 421 g/mol. The molecule has 0 amide bonds. The number of rotatable bonds is 8. The van der Waals surface area contributed by atoms with Gasteiger partial charge in [0.25, 0.3) is 0 Å². The minimum atomic E-state index is -3.74. The van der Waals surface area contributed by atoms with Crippen LogP contribution in [0, 0.1) is 0 Å². The second-order valence-corrected chi connectivity index (χ2v) is 9.82. The summed E-state index contributed by atoms with van der Waals surface area (Å²) >= 11 is 0. The van der Waals surface area contributed by atoms with E-state index in [4.69, 9.17) is 0 Å². The van der Waals surface area contributed by atoms with Gasteiger partial charge in [0.2, 0.25) is 10.0 Å². The van der Waals surface area contributed by atoms with Gasteiger partial charge in [0.05, 0.1) is 10.5 Å². The third-order valence-electron chi connectivity index (χ3n) is 5.86. The van der Waals surface area contributed by atoms with Gasteiger partial charge in [-0.25, -0.2) is 17.9 Å². The Bertz CT molecular complexity index is 840. The third kappa shape index (κ3) is 6.31. The Morgan fingerprint density at radius 2 is 1.83 bits per heavy atom. The molecular formula is C22H32N2O4S. The lowest BCUT2D eigenvalue weighted by atomic mass is 9.97. The van der Waals surface area contributed by atoms with E-state index in [9.17, 15) is 18.3 Å². The van der Waals surface area contributed by atoms with E-state index in [2.05, 4.69) is 16.1 Å². The molecule has 29 heavy (non-hydrogen) atoms. The number of carboxylic acids is 1. The Kier molecular flexibility index (Phi) is 7.72. The maximum absolute atomic E-state index is 12.8. The van der Waals surface area contributed by atoms with Gasteiger partial charge in [0, 0.05) is 18.3 Å². The summed E-state index contributed by atoms with van der Waals surface area (Å²) in [6.45, 7) is 0.637. The van der Waals surface area contributed by atoms with E-state index < -0.39 is 16.0 Å². The van der Waals surface area contributed by atoms with Crippen molar-refractivity contribution in [2.24, 2.45) is 0 Å². The Hall–Kier alpha value is -1.86. The highest BCUT2D eigenvalue weighted by Crippen LogP contribution is 2.24. The number of nitrogens with one attached hydrogen (secondary N) is 2. The van der Waals surface area contributed by atoms with Crippen molar-refractivity contribution in [1.82, 2.24) is 4.72 Å². The summed E-state index contributed by atoms with van der Waals surface area (Å²) < 4.78 is 28.3. The predicted molar refractivity (Wildman–Crippen MR) is 115 cm³/mol. The van der Waals surface area contributed by atoms with E-state index in [0.29, 0.717) is 12.2 Å². The first-order chi connectivity index (χ1) is 14.0. The van der Waals surface area contributed by atoms with Gasteiger partial charge < -0.3 is 10.4 Å². The fraction of sp³-hybridized carbons (Fsp3) is 0.591. The number of sulfonamides is 1. The van der Waals surface area contributed by atoms with Crippen molar-refractivity contribution in [2.75, 3.05) is 11.9 Å². The zero-order valence-corrected chi connectivity index (χ0v) is 17.8. The summed E-state index contributed by atoms with van der Waals surface area (Å²) in [6, 6.07) is 4.26. The molecule has 6 nitrogen and oxygen atoms in total. The minimum absolute atomic E-state index is 0.00800. The fourth-order valence-electron chi connectivity index (χ4n) is 4.20. The maximum atomic E-state index is 12.8. The Morgan fingerprint density at radius 3 is 2.48 bits per heavy atom. The fourth-order valence-corrected chi connectivity index (χ4v) is 5.53. The first-order valence-electron chi connectivity index (χ1n) is 10.8. The molecule has 3 N–H and O–H groups in total. The summed E-state index contributed by atoms with van der Waals surface area (Å²) in [6.07, 6.45) is 13.8. The van der Waals surface area contributed by atoms with E-state index in [1.165, 1.54) is 30.5 Å². The first-order valence-corrected chi connectivity index (χ1v) is 12.3. The molecule has 160 valence electrons. The number of benzene rings is 1. The molecule has 0 bridgehead atoms. The normalized spacial score (nSPS) is 18.7. The molecule has 0 aliphatic heterocycles. The van der Waals surface area contributed by atoms with Crippen LogP contribution in [0.15, 0.2) is 34.7 Å². The molecule has 0 atom stereocenters. The molecule has 1 aromatic carbocycles. The van der Waals surface area contributed by atoms with Gasteiger partial charge in [0.1, 0.15) is 0 Å². The summed E-state index contributed by atoms with van der Waals surface area (Å²) in [5, 5.41) is 12.8. The lowest BCUT2D eigenvalue weighted by molar-refractivity contribution is 0.0697. The summed E-state index contributed by atoms with van der Waals surface area (Å²) in [5.41, 5.74) is 1.86. The monoisotopic (exact) mass is 420 g/mol. The van der Waals surface area contributed by atoms with Crippen molar-refractivity contribution in [3.63, 3.8) is 0 Å². The number of carboxylic acid groups (broad SMARTS) is 1. The van der Waals surface area contributed by atoms with Crippen LogP contribution in [0.25, 0.3) is 0 Å². The van der Waals surface area contributed by atoms with Crippen molar-refractivity contribution in [3.8, 4) is 0 Å². The zero-order chi connectivity index (χ0) is 20.7. The Morgan fingerprint density at radius 1 is 1.07 bits per heavy atom. The minimum Gasteiger partial charge on any atom is -0.478 e. The molecule has 7 heteroatoms. The van der Waals surface area contributed by atoms with Gasteiger partial charge in [-0.3, -0.25) is 0 Å². The molecule has 1 saturated carbocycles.